The van der Waals surface area contributed by atoms with Crippen molar-refractivity contribution in [3.8, 4) is 0 Å². The minimum absolute atomic E-state index is 0.358. The summed E-state index contributed by atoms with van der Waals surface area (Å²) in [7, 11) is 1.66. The molecule has 5 heteroatoms. The number of hydrogen-bond donors (Lipinski definition) is 0. The lowest BCUT2D eigenvalue weighted by Crippen LogP contribution is -2.26. The summed E-state index contributed by atoms with van der Waals surface area (Å²) in [6, 6.07) is 5.45. The van der Waals surface area contributed by atoms with Crippen LogP contribution in [-0.4, -0.2) is 29.7 Å². The standard InChI is InChI=1S/C12H13N3O2/c1-3-17-12(16)15(2)9-4-5-10-11(8-9)14-7-6-13-10/h4-8H,3H2,1-2H3. The Labute approximate surface area is 99.0 Å². The first kappa shape index (κ1) is 11.3. The van der Waals surface area contributed by atoms with Crippen LogP contribution >= 0.6 is 0 Å². The largest absolute Gasteiger partial charge is 0.449 e. The molecule has 0 unspecified atom stereocenters. The van der Waals surface area contributed by atoms with Crippen LogP contribution in [0.3, 0.4) is 0 Å². The fourth-order valence-electron chi connectivity index (χ4n) is 1.49. The number of aromatic nitrogens is 2. The summed E-state index contributed by atoms with van der Waals surface area (Å²) < 4.78 is 4.92. The van der Waals surface area contributed by atoms with Crippen molar-refractivity contribution in [1.82, 2.24) is 9.97 Å². The molecule has 0 spiro atoms. The van der Waals surface area contributed by atoms with E-state index >= 15 is 0 Å². The van der Waals surface area contributed by atoms with E-state index in [2.05, 4.69) is 9.97 Å². The Kier molecular flexibility index (Phi) is 3.18. The van der Waals surface area contributed by atoms with E-state index in [0.29, 0.717) is 6.61 Å². The molecule has 0 radical (unpaired) electrons. The molecule has 1 heterocycles. The highest BCUT2D eigenvalue weighted by Gasteiger charge is 2.11. The average Bonchev–Trinajstić information content (AvgIpc) is 2.37. The van der Waals surface area contributed by atoms with Gasteiger partial charge in [0.1, 0.15) is 0 Å². The lowest BCUT2D eigenvalue weighted by atomic mass is 10.2. The zero-order valence-corrected chi connectivity index (χ0v) is 9.75. The van der Waals surface area contributed by atoms with Gasteiger partial charge in [0.25, 0.3) is 0 Å². The van der Waals surface area contributed by atoms with Crippen LogP contribution in [0.2, 0.25) is 0 Å². The van der Waals surface area contributed by atoms with Gasteiger partial charge in [-0.3, -0.25) is 14.9 Å². The second kappa shape index (κ2) is 4.78. The van der Waals surface area contributed by atoms with Crippen LogP contribution in [0, 0.1) is 0 Å². The van der Waals surface area contributed by atoms with Crippen LogP contribution in [0.1, 0.15) is 6.92 Å². The number of hydrogen-bond acceptors (Lipinski definition) is 4. The SMILES string of the molecule is CCOC(=O)N(C)c1ccc2nccnc2c1. The Hall–Kier alpha value is -2.17. The molecule has 2 aromatic rings. The second-order valence-corrected chi connectivity index (χ2v) is 3.49. The number of nitrogens with zero attached hydrogens (tertiary/aromatic N) is 3. The van der Waals surface area contributed by atoms with Crippen molar-refractivity contribution in [3.05, 3.63) is 30.6 Å². The van der Waals surface area contributed by atoms with Gasteiger partial charge in [-0.05, 0) is 25.1 Å². The van der Waals surface area contributed by atoms with Crippen molar-refractivity contribution in [2.75, 3.05) is 18.6 Å². The summed E-state index contributed by atoms with van der Waals surface area (Å²) in [5.74, 6) is 0. The first-order valence-electron chi connectivity index (χ1n) is 5.33. The highest BCUT2D eigenvalue weighted by Crippen LogP contribution is 2.18. The number of carbonyl (C=O) groups is 1. The van der Waals surface area contributed by atoms with Crippen LogP contribution < -0.4 is 4.90 Å². The third-order valence-electron chi connectivity index (χ3n) is 2.38. The first-order valence-corrected chi connectivity index (χ1v) is 5.33. The van der Waals surface area contributed by atoms with E-state index < -0.39 is 0 Å². The Morgan fingerprint density at radius 1 is 1.29 bits per heavy atom. The number of ether oxygens (including phenoxy) is 1. The minimum Gasteiger partial charge on any atom is -0.449 e. The molecule has 0 saturated carbocycles. The summed E-state index contributed by atoms with van der Waals surface area (Å²) >= 11 is 0. The molecule has 0 atom stereocenters. The quantitative estimate of drug-likeness (QED) is 0.795. The van der Waals surface area contributed by atoms with Gasteiger partial charge in [-0.2, -0.15) is 0 Å². The molecule has 5 nitrogen and oxygen atoms in total. The third kappa shape index (κ3) is 2.33. The summed E-state index contributed by atoms with van der Waals surface area (Å²) in [4.78, 5) is 21.3. The fraction of sp³-hybridized carbons (Fsp3) is 0.250. The highest BCUT2D eigenvalue weighted by atomic mass is 16.6. The van der Waals surface area contributed by atoms with Gasteiger partial charge in [-0.1, -0.05) is 0 Å². The normalized spacial score (nSPS) is 10.2. The predicted octanol–water partition coefficient (Wildman–Crippen LogP) is 2.22. The van der Waals surface area contributed by atoms with Gasteiger partial charge in [-0.25, -0.2) is 4.79 Å². The monoisotopic (exact) mass is 231 g/mol. The molecule has 0 aliphatic rings. The summed E-state index contributed by atoms with van der Waals surface area (Å²) in [5, 5.41) is 0. The molecular weight excluding hydrogens is 218 g/mol. The Bertz CT molecular complexity index is 542. The van der Waals surface area contributed by atoms with Crippen LogP contribution in [0.4, 0.5) is 10.5 Å². The van der Waals surface area contributed by atoms with E-state index in [9.17, 15) is 4.79 Å². The van der Waals surface area contributed by atoms with Gasteiger partial charge >= 0.3 is 6.09 Å². The lowest BCUT2D eigenvalue weighted by molar-refractivity contribution is 0.161. The maximum absolute atomic E-state index is 11.5. The van der Waals surface area contributed by atoms with Crippen molar-refractivity contribution in [1.29, 1.82) is 0 Å². The van der Waals surface area contributed by atoms with E-state index in [4.69, 9.17) is 4.74 Å². The maximum atomic E-state index is 11.5. The number of carbonyl (C=O) groups excluding carboxylic acids is 1. The fourth-order valence-corrected chi connectivity index (χ4v) is 1.49. The molecule has 0 aliphatic heterocycles. The second-order valence-electron chi connectivity index (χ2n) is 3.49. The maximum Gasteiger partial charge on any atom is 0.413 e. The van der Waals surface area contributed by atoms with Crippen molar-refractivity contribution < 1.29 is 9.53 Å². The molecule has 17 heavy (non-hydrogen) atoms. The minimum atomic E-state index is -0.379. The molecule has 1 aromatic heterocycles. The van der Waals surface area contributed by atoms with Gasteiger partial charge in [-0.15, -0.1) is 0 Å². The molecule has 0 bridgehead atoms. The first-order chi connectivity index (χ1) is 8.22. The van der Waals surface area contributed by atoms with Crippen molar-refractivity contribution in [2.45, 2.75) is 6.92 Å². The van der Waals surface area contributed by atoms with Crippen molar-refractivity contribution >= 4 is 22.8 Å². The molecule has 2 rings (SSSR count). The highest BCUT2D eigenvalue weighted by molar-refractivity contribution is 5.90. The van der Waals surface area contributed by atoms with Gasteiger partial charge in [0, 0.05) is 25.1 Å². The van der Waals surface area contributed by atoms with E-state index in [1.54, 1.807) is 32.4 Å². The van der Waals surface area contributed by atoms with Gasteiger partial charge < -0.3 is 4.74 Å². The average molecular weight is 231 g/mol. The molecule has 0 N–H and O–H groups in total. The third-order valence-corrected chi connectivity index (χ3v) is 2.38. The molecule has 0 aliphatic carbocycles. The molecule has 1 aromatic carbocycles. The van der Waals surface area contributed by atoms with Crippen LogP contribution in [0.25, 0.3) is 11.0 Å². The smallest absolute Gasteiger partial charge is 0.413 e. The predicted molar refractivity (Wildman–Crippen MR) is 65.0 cm³/mol. The summed E-state index contributed by atoms with van der Waals surface area (Å²) in [6.07, 6.45) is 2.88. The zero-order chi connectivity index (χ0) is 12.3. The van der Waals surface area contributed by atoms with E-state index in [1.807, 2.05) is 12.1 Å². The number of anilines is 1. The van der Waals surface area contributed by atoms with Gasteiger partial charge in [0.2, 0.25) is 0 Å². The summed E-state index contributed by atoms with van der Waals surface area (Å²) in [6.45, 7) is 2.13. The number of benzene rings is 1. The zero-order valence-electron chi connectivity index (χ0n) is 9.75. The van der Waals surface area contributed by atoms with E-state index in [1.165, 1.54) is 4.90 Å². The number of rotatable bonds is 2. The van der Waals surface area contributed by atoms with Crippen LogP contribution in [0.15, 0.2) is 30.6 Å². The Morgan fingerprint density at radius 2 is 2.00 bits per heavy atom. The van der Waals surface area contributed by atoms with Crippen molar-refractivity contribution in [3.63, 3.8) is 0 Å². The van der Waals surface area contributed by atoms with E-state index in [0.717, 1.165) is 16.7 Å². The van der Waals surface area contributed by atoms with Crippen molar-refractivity contribution in [2.24, 2.45) is 0 Å². The molecule has 0 saturated heterocycles. The number of fused-ring (bicyclic) bond motifs is 1. The Balaban J connectivity index is 2.32. The number of amides is 1. The topological polar surface area (TPSA) is 55.3 Å². The molecular formula is C12H13N3O2. The van der Waals surface area contributed by atoms with Crippen LogP contribution in [-0.2, 0) is 4.74 Å². The molecule has 1 amide bonds. The van der Waals surface area contributed by atoms with Gasteiger partial charge in [0.15, 0.2) is 0 Å². The molecule has 0 fully saturated rings. The lowest BCUT2D eigenvalue weighted by Gasteiger charge is -2.16. The summed E-state index contributed by atoms with van der Waals surface area (Å²) in [5.41, 5.74) is 2.28. The van der Waals surface area contributed by atoms with Gasteiger partial charge in [0.05, 0.1) is 17.6 Å². The molecule has 88 valence electrons. The Morgan fingerprint density at radius 3 is 2.71 bits per heavy atom. The van der Waals surface area contributed by atoms with E-state index in [-0.39, 0.29) is 6.09 Å². The van der Waals surface area contributed by atoms with Crippen LogP contribution in [0.5, 0.6) is 0 Å².